The maximum atomic E-state index is 13.1. The second kappa shape index (κ2) is 12.4. The Kier molecular flexibility index (Phi) is 9.86. The lowest BCUT2D eigenvalue weighted by molar-refractivity contribution is -0.142. The van der Waals surface area contributed by atoms with Crippen molar-refractivity contribution in [1.82, 2.24) is 10.2 Å². The minimum atomic E-state index is -0.537. The maximum absolute atomic E-state index is 13.1. The molecule has 6 heteroatoms. The van der Waals surface area contributed by atoms with Gasteiger partial charge in [-0.25, -0.2) is 0 Å². The predicted molar refractivity (Wildman–Crippen MR) is 125 cm³/mol. The number of halogens is 1. The summed E-state index contributed by atoms with van der Waals surface area (Å²) in [4.78, 5) is 27.6. The Morgan fingerprint density at radius 3 is 2.45 bits per heavy atom. The number of ether oxygens (including phenoxy) is 1. The highest BCUT2D eigenvalue weighted by Crippen LogP contribution is 2.21. The number of aryl methyl sites for hydroxylation is 1. The Balaban J connectivity index is 2.12. The lowest BCUT2D eigenvalue weighted by atomic mass is 10.1. The van der Waals surface area contributed by atoms with E-state index in [0.29, 0.717) is 42.6 Å². The second-order valence-electron chi connectivity index (χ2n) is 8.09. The van der Waals surface area contributed by atoms with Crippen molar-refractivity contribution in [2.24, 2.45) is 5.92 Å². The molecule has 0 bridgehead atoms. The molecular weight excluding hydrogens is 412 g/mol. The molecule has 2 amide bonds. The molecule has 0 aliphatic carbocycles. The van der Waals surface area contributed by atoms with E-state index in [4.69, 9.17) is 16.3 Å². The first-order valence-corrected chi connectivity index (χ1v) is 11.2. The van der Waals surface area contributed by atoms with Crippen molar-refractivity contribution in [3.8, 4) is 5.75 Å². The summed E-state index contributed by atoms with van der Waals surface area (Å²) < 4.78 is 5.73. The molecule has 0 saturated carbocycles. The first-order valence-electron chi connectivity index (χ1n) is 10.8. The average molecular weight is 445 g/mol. The van der Waals surface area contributed by atoms with Gasteiger partial charge in [-0.2, -0.15) is 0 Å². The summed E-state index contributed by atoms with van der Waals surface area (Å²) in [6.45, 7) is 8.78. The Bertz CT molecular complexity index is 855. The summed E-state index contributed by atoms with van der Waals surface area (Å²) in [5, 5.41) is 3.61. The van der Waals surface area contributed by atoms with E-state index in [0.717, 1.165) is 11.1 Å². The molecule has 2 aromatic carbocycles. The third-order valence-electron chi connectivity index (χ3n) is 5.05. The number of nitrogens with one attached hydrogen (secondary N) is 1. The van der Waals surface area contributed by atoms with Gasteiger partial charge in [-0.15, -0.1) is 0 Å². The van der Waals surface area contributed by atoms with Gasteiger partial charge in [0.1, 0.15) is 11.8 Å². The molecule has 2 rings (SSSR count). The van der Waals surface area contributed by atoms with Crippen molar-refractivity contribution in [3.05, 3.63) is 64.7 Å². The van der Waals surface area contributed by atoms with Gasteiger partial charge in [0.15, 0.2) is 6.61 Å². The van der Waals surface area contributed by atoms with E-state index in [1.54, 1.807) is 23.1 Å². The van der Waals surface area contributed by atoms with E-state index in [1.807, 2.05) is 58.0 Å². The first-order chi connectivity index (χ1) is 14.8. The monoisotopic (exact) mass is 444 g/mol. The van der Waals surface area contributed by atoms with Crippen LogP contribution in [-0.2, 0) is 16.0 Å². The maximum Gasteiger partial charge on any atom is 0.261 e. The van der Waals surface area contributed by atoms with Gasteiger partial charge >= 0.3 is 0 Å². The van der Waals surface area contributed by atoms with Crippen LogP contribution in [0, 0.1) is 12.8 Å². The standard InChI is InChI=1S/C25H33ClN2O3/c1-5-23(25(30)27-16-18(2)3)28(14-13-20-9-7-6-8-10-20)24(29)17-31-21-11-12-22(26)19(4)15-21/h6-12,15,18,23H,5,13-14,16-17H2,1-4H3,(H,27,30)/t23-/m1/s1. The van der Waals surface area contributed by atoms with Crippen LogP contribution in [0.5, 0.6) is 5.75 Å². The average Bonchev–Trinajstić information content (AvgIpc) is 2.76. The van der Waals surface area contributed by atoms with Gasteiger partial charge in [0.25, 0.3) is 5.91 Å². The molecular formula is C25H33ClN2O3. The summed E-state index contributed by atoms with van der Waals surface area (Å²) in [6.07, 6.45) is 1.20. The van der Waals surface area contributed by atoms with Gasteiger partial charge in [0.05, 0.1) is 0 Å². The van der Waals surface area contributed by atoms with E-state index < -0.39 is 6.04 Å². The molecule has 0 fully saturated rings. The van der Waals surface area contributed by atoms with E-state index >= 15 is 0 Å². The van der Waals surface area contributed by atoms with E-state index in [-0.39, 0.29) is 18.4 Å². The molecule has 5 nitrogen and oxygen atoms in total. The highest BCUT2D eigenvalue weighted by atomic mass is 35.5. The molecule has 0 radical (unpaired) electrons. The van der Waals surface area contributed by atoms with Crippen molar-refractivity contribution >= 4 is 23.4 Å². The third kappa shape index (κ3) is 7.91. The fraction of sp³-hybridized carbons (Fsp3) is 0.440. The molecule has 0 saturated heterocycles. The van der Waals surface area contributed by atoms with Crippen LogP contribution in [0.4, 0.5) is 0 Å². The number of hydrogen-bond acceptors (Lipinski definition) is 3. The Morgan fingerprint density at radius 2 is 1.84 bits per heavy atom. The Hall–Kier alpha value is -2.53. The molecule has 0 aliphatic rings. The largest absolute Gasteiger partial charge is 0.484 e. The summed E-state index contributed by atoms with van der Waals surface area (Å²) in [6, 6.07) is 14.7. The zero-order valence-corrected chi connectivity index (χ0v) is 19.6. The van der Waals surface area contributed by atoms with Crippen molar-refractivity contribution in [2.75, 3.05) is 19.7 Å². The van der Waals surface area contributed by atoms with Crippen LogP contribution < -0.4 is 10.1 Å². The van der Waals surface area contributed by atoms with Crippen LogP contribution in [0.3, 0.4) is 0 Å². The summed E-state index contributed by atoms with van der Waals surface area (Å²) in [5.41, 5.74) is 2.00. The molecule has 0 aliphatic heterocycles. The van der Waals surface area contributed by atoms with Crippen molar-refractivity contribution in [3.63, 3.8) is 0 Å². The van der Waals surface area contributed by atoms with Gasteiger partial charge in [-0.05, 0) is 55.0 Å². The van der Waals surface area contributed by atoms with Crippen molar-refractivity contribution < 1.29 is 14.3 Å². The zero-order chi connectivity index (χ0) is 22.8. The van der Waals surface area contributed by atoms with Crippen molar-refractivity contribution in [1.29, 1.82) is 0 Å². The van der Waals surface area contributed by atoms with Crippen LogP contribution in [0.15, 0.2) is 48.5 Å². The lowest BCUT2D eigenvalue weighted by Crippen LogP contribution is -2.51. The lowest BCUT2D eigenvalue weighted by Gasteiger charge is -2.30. The van der Waals surface area contributed by atoms with E-state index in [2.05, 4.69) is 5.32 Å². The number of carbonyl (C=O) groups is 2. The molecule has 2 aromatic rings. The van der Waals surface area contributed by atoms with Crippen LogP contribution >= 0.6 is 11.6 Å². The van der Waals surface area contributed by atoms with Gasteiger partial charge in [0, 0.05) is 18.1 Å². The molecule has 1 N–H and O–H groups in total. The number of rotatable bonds is 11. The minimum Gasteiger partial charge on any atom is -0.484 e. The zero-order valence-electron chi connectivity index (χ0n) is 18.9. The highest BCUT2D eigenvalue weighted by molar-refractivity contribution is 6.31. The normalized spacial score (nSPS) is 11.8. The molecule has 31 heavy (non-hydrogen) atoms. The smallest absolute Gasteiger partial charge is 0.261 e. The Labute approximate surface area is 190 Å². The fourth-order valence-electron chi connectivity index (χ4n) is 3.25. The minimum absolute atomic E-state index is 0.125. The topological polar surface area (TPSA) is 58.6 Å². The quantitative estimate of drug-likeness (QED) is 0.548. The number of benzene rings is 2. The SMILES string of the molecule is CC[C@H](C(=O)NCC(C)C)N(CCc1ccccc1)C(=O)COc1ccc(Cl)c(C)c1. The number of carbonyl (C=O) groups excluding carboxylic acids is 2. The van der Waals surface area contributed by atoms with Gasteiger partial charge in [-0.1, -0.05) is 62.7 Å². The summed E-state index contributed by atoms with van der Waals surface area (Å²) in [7, 11) is 0. The van der Waals surface area contributed by atoms with E-state index in [1.165, 1.54) is 0 Å². The molecule has 1 atom stereocenters. The summed E-state index contributed by atoms with van der Waals surface area (Å²) in [5.74, 6) is 0.581. The first kappa shape index (κ1) is 24.7. The number of amides is 2. The van der Waals surface area contributed by atoms with E-state index in [9.17, 15) is 9.59 Å². The van der Waals surface area contributed by atoms with Crippen molar-refractivity contribution in [2.45, 2.75) is 46.6 Å². The molecule has 168 valence electrons. The van der Waals surface area contributed by atoms with Gasteiger partial charge in [-0.3, -0.25) is 9.59 Å². The Morgan fingerprint density at radius 1 is 1.13 bits per heavy atom. The fourth-order valence-corrected chi connectivity index (χ4v) is 3.37. The van der Waals surface area contributed by atoms with Gasteiger partial charge < -0.3 is 15.0 Å². The van der Waals surface area contributed by atoms with Crippen LogP contribution in [0.1, 0.15) is 38.3 Å². The van der Waals surface area contributed by atoms with Crippen LogP contribution in [-0.4, -0.2) is 42.5 Å². The van der Waals surface area contributed by atoms with Crippen LogP contribution in [0.25, 0.3) is 0 Å². The predicted octanol–water partition coefficient (Wildman–Crippen LogP) is 4.65. The summed E-state index contributed by atoms with van der Waals surface area (Å²) >= 11 is 6.07. The number of hydrogen-bond donors (Lipinski definition) is 1. The highest BCUT2D eigenvalue weighted by Gasteiger charge is 2.28. The molecule has 0 spiro atoms. The second-order valence-corrected chi connectivity index (χ2v) is 8.49. The van der Waals surface area contributed by atoms with Crippen LogP contribution in [0.2, 0.25) is 5.02 Å². The van der Waals surface area contributed by atoms with Gasteiger partial charge in [0.2, 0.25) is 5.91 Å². The molecule has 0 unspecified atom stereocenters. The molecule has 0 heterocycles. The number of nitrogens with zero attached hydrogens (tertiary/aromatic N) is 1. The molecule has 0 aromatic heterocycles. The third-order valence-corrected chi connectivity index (χ3v) is 5.47.